The van der Waals surface area contributed by atoms with Crippen molar-refractivity contribution in [2.24, 2.45) is 0 Å². The third-order valence-corrected chi connectivity index (χ3v) is 4.40. The third kappa shape index (κ3) is 2.73. The minimum absolute atomic E-state index is 0.184. The van der Waals surface area contributed by atoms with Crippen LogP contribution in [0.5, 0.6) is 0 Å². The molecule has 2 fully saturated rings. The summed E-state index contributed by atoms with van der Waals surface area (Å²) in [5.74, 6) is 0. The lowest BCUT2D eigenvalue weighted by molar-refractivity contribution is 0.145. The number of nitrogens with zero attached hydrogens (tertiary/aromatic N) is 2. The van der Waals surface area contributed by atoms with Crippen molar-refractivity contribution in [1.82, 2.24) is 0 Å². The fourth-order valence-corrected chi connectivity index (χ4v) is 2.89. The van der Waals surface area contributed by atoms with E-state index in [9.17, 15) is 10.4 Å². The van der Waals surface area contributed by atoms with Gasteiger partial charge in [0.05, 0.1) is 17.4 Å². The third-order valence-electron chi connectivity index (χ3n) is 4.40. The Morgan fingerprint density at radius 1 is 1.20 bits per heavy atom. The minimum atomic E-state index is -0.184. The molecule has 1 saturated carbocycles. The van der Waals surface area contributed by atoms with Crippen LogP contribution in [0.2, 0.25) is 0 Å². The summed E-state index contributed by atoms with van der Waals surface area (Å²) in [5.41, 5.74) is 2.77. The largest absolute Gasteiger partial charge is 0.393 e. The molecule has 4 nitrogen and oxygen atoms in total. The first-order valence-electron chi connectivity index (χ1n) is 7.50. The molecular formula is C16H21N3O. The SMILES string of the molecule is N#Cc1cc(NC2CCC2)ccc1N1CCC(O)CC1. The average molecular weight is 271 g/mol. The number of aliphatic hydroxyl groups is 1. The number of nitriles is 1. The normalized spacial score (nSPS) is 20.3. The van der Waals surface area contributed by atoms with E-state index in [1.54, 1.807) is 0 Å². The fourth-order valence-electron chi connectivity index (χ4n) is 2.89. The van der Waals surface area contributed by atoms with Crippen LogP contribution in [-0.2, 0) is 0 Å². The molecule has 106 valence electrons. The second kappa shape index (κ2) is 5.72. The highest BCUT2D eigenvalue weighted by molar-refractivity contribution is 5.65. The number of hydrogen-bond acceptors (Lipinski definition) is 4. The lowest BCUT2D eigenvalue weighted by Gasteiger charge is -2.32. The van der Waals surface area contributed by atoms with Gasteiger partial charge < -0.3 is 15.3 Å². The highest BCUT2D eigenvalue weighted by atomic mass is 16.3. The number of hydrogen-bond donors (Lipinski definition) is 2. The first-order valence-corrected chi connectivity index (χ1v) is 7.50. The van der Waals surface area contributed by atoms with E-state index >= 15 is 0 Å². The highest BCUT2D eigenvalue weighted by Gasteiger charge is 2.21. The summed E-state index contributed by atoms with van der Waals surface area (Å²) in [7, 11) is 0. The highest BCUT2D eigenvalue weighted by Crippen LogP contribution is 2.29. The van der Waals surface area contributed by atoms with Crippen LogP contribution in [0.3, 0.4) is 0 Å². The molecule has 0 aromatic heterocycles. The van der Waals surface area contributed by atoms with Gasteiger partial charge in [-0.3, -0.25) is 0 Å². The number of anilines is 2. The van der Waals surface area contributed by atoms with Crippen molar-refractivity contribution in [1.29, 1.82) is 5.26 Å². The van der Waals surface area contributed by atoms with E-state index in [2.05, 4.69) is 22.4 Å². The van der Waals surface area contributed by atoms with Gasteiger partial charge in [-0.15, -0.1) is 0 Å². The van der Waals surface area contributed by atoms with Crippen molar-refractivity contribution in [3.63, 3.8) is 0 Å². The summed E-state index contributed by atoms with van der Waals surface area (Å²) in [5, 5.41) is 22.4. The zero-order valence-electron chi connectivity index (χ0n) is 11.7. The van der Waals surface area contributed by atoms with Crippen LogP contribution < -0.4 is 10.2 Å². The number of nitrogens with one attached hydrogen (secondary N) is 1. The van der Waals surface area contributed by atoms with Gasteiger partial charge in [0.25, 0.3) is 0 Å². The molecule has 20 heavy (non-hydrogen) atoms. The van der Waals surface area contributed by atoms with Crippen molar-refractivity contribution < 1.29 is 5.11 Å². The number of aliphatic hydroxyl groups excluding tert-OH is 1. The molecule has 0 amide bonds. The number of benzene rings is 1. The van der Waals surface area contributed by atoms with Crippen LogP contribution in [0.4, 0.5) is 11.4 Å². The Morgan fingerprint density at radius 3 is 2.55 bits per heavy atom. The van der Waals surface area contributed by atoms with E-state index in [0.717, 1.165) is 42.9 Å². The van der Waals surface area contributed by atoms with Crippen LogP contribution in [0, 0.1) is 11.3 Å². The topological polar surface area (TPSA) is 59.3 Å². The Kier molecular flexibility index (Phi) is 3.79. The average Bonchev–Trinajstić information content (AvgIpc) is 2.44. The smallest absolute Gasteiger partial charge is 0.101 e. The summed E-state index contributed by atoms with van der Waals surface area (Å²) in [6, 6.07) is 8.96. The zero-order chi connectivity index (χ0) is 13.9. The van der Waals surface area contributed by atoms with Crippen LogP contribution in [0.25, 0.3) is 0 Å². The van der Waals surface area contributed by atoms with Gasteiger partial charge in [-0.2, -0.15) is 5.26 Å². The minimum Gasteiger partial charge on any atom is -0.393 e. The lowest BCUT2D eigenvalue weighted by Crippen LogP contribution is -2.36. The molecule has 1 aromatic rings. The van der Waals surface area contributed by atoms with Crippen LogP contribution in [-0.4, -0.2) is 30.3 Å². The molecule has 3 rings (SSSR count). The Bertz CT molecular complexity index is 511. The maximum absolute atomic E-state index is 9.58. The van der Waals surface area contributed by atoms with Crippen LogP contribution in [0.1, 0.15) is 37.7 Å². The first kappa shape index (κ1) is 13.3. The maximum Gasteiger partial charge on any atom is 0.101 e. The Labute approximate surface area is 120 Å². The summed E-state index contributed by atoms with van der Waals surface area (Å²) in [4.78, 5) is 2.21. The van der Waals surface area contributed by atoms with E-state index in [4.69, 9.17) is 0 Å². The van der Waals surface area contributed by atoms with E-state index < -0.39 is 0 Å². The number of rotatable bonds is 3. The quantitative estimate of drug-likeness (QED) is 0.886. The monoisotopic (exact) mass is 271 g/mol. The Hall–Kier alpha value is -1.73. The van der Waals surface area contributed by atoms with Gasteiger partial charge in [0, 0.05) is 24.8 Å². The van der Waals surface area contributed by atoms with Crippen LogP contribution >= 0.6 is 0 Å². The van der Waals surface area contributed by atoms with Crippen molar-refractivity contribution in [2.75, 3.05) is 23.3 Å². The van der Waals surface area contributed by atoms with E-state index in [0.29, 0.717) is 6.04 Å². The van der Waals surface area contributed by atoms with Crippen molar-refractivity contribution in [3.05, 3.63) is 23.8 Å². The van der Waals surface area contributed by atoms with E-state index in [1.807, 2.05) is 12.1 Å². The van der Waals surface area contributed by atoms with Gasteiger partial charge in [-0.25, -0.2) is 0 Å². The van der Waals surface area contributed by atoms with Gasteiger partial charge in [0.1, 0.15) is 6.07 Å². The summed E-state index contributed by atoms with van der Waals surface area (Å²) in [6.45, 7) is 1.65. The van der Waals surface area contributed by atoms with Gasteiger partial charge in [-0.1, -0.05) is 0 Å². The maximum atomic E-state index is 9.58. The predicted octanol–water partition coefficient (Wildman–Crippen LogP) is 2.48. The van der Waals surface area contributed by atoms with Crippen LogP contribution in [0.15, 0.2) is 18.2 Å². The second-order valence-electron chi connectivity index (χ2n) is 5.83. The Balaban J connectivity index is 1.75. The van der Waals surface area contributed by atoms with Crippen molar-refractivity contribution >= 4 is 11.4 Å². The van der Waals surface area contributed by atoms with Gasteiger partial charge in [0.15, 0.2) is 0 Å². The van der Waals surface area contributed by atoms with Gasteiger partial charge >= 0.3 is 0 Å². The molecule has 2 N–H and O–H groups in total. The molecule has 1 saturated heterocycles. The molecule has 0 unspecified atom stereocenters. The van der Waals surface area contributed by atoms with Gasteiger partial charge in [0.2, 0.25) is 0 Å². The summed E-state index contributed by atoms with van der Waals surface area (Å²) < 4.78 is 0. The van der Waals surface area contributed by atoms with Crippen molar-refractivity contribution in [3.8, 4) is 6.07 Å². The van der Waals surface area contributed by atoms with Gasteiger partial charge in [-0.05, 0) is 50.3 Å². The Morgan fingerprint density at radius 2 is 1.95 bits per heavy atom. The molecule has 1 aliphatic heterocycles. The van der Waals surface area contributed by atoms with E-state index in [1.165, 1.54) is 19.3 Å². The molecule has 4 heteroatoms. The molecule has 1 aliphatic carbocycles. The van der Waals surface area contributed by atoms with E-state index in [-0.39, 0.29) is 6.10 Å². The zero-order valence-corrected chi connectivity index (χ0v) is 11.7. The molecule has 2 aliphatic rings. The second-order valence-corrected chi connectivity index (χ2v) is 5.83. The standard InChI is InChI=1S/C16H21N3O/c17-11-12-10-14(18-13-2-1-3-13)4-5-16(12)19-8-6-15(20)7-9-19/h4-5,10,13,15,18,20H,1-3,6-9H2. The fraction of sp³-hybridized carbons (Fsp3) is 0.562. The first-order chi connectivity index (χ1) is 9.76. The molecule has 1 aromatic carbocycles. The predicted molar refractivity (Wildman–Crippen MR) is 79.9 cm³/mol. The summed E-state index contributed by atoms with van der Waals surface area (Å²) >= 11 is 0. The molecule has 1 heterocycles. The lowest BCUT2D eigenvalue weighted by atomic mass is 9.93. The molecule has 0 atom stereocenters. The molecular weight excluding hydrogens is 250 g/mol. The molecule has 0 bridgehead atoms. The molecule has 0 spiro atoms. The number of piperidine rings is 1. The molecule has 0 radical (unpaired) electrons. The van der Waals surface area contributed by atoms with Crippen molar-refractivity contribution in [2.45, 2.75) is 44.2 Å². The summed E-state index contributed by atoms with van der Waals surface area (Å²) in [6.07, 6.45) is 5.15.